The van der Waals surface area contributed by atoms with Gasteiger partial charge in [0.05, 0.1) is 16.8 Å². The number of amides is 5. The molecule has 5 amide bonds. The second-order valence-corrected chi connectivity index (χ2v) is 18.0. The van der Waals surface area contributed by atoms with Gasteiger partial charge in [-0.15, -0.1) is 0 Å². The number of hydrogen-bond acceptors (Lipinski definition) is 7. The third-order valence-corrected chi connectivity index (χ3v) is 14.7. The number of nitrogens with zero attached hydrogens (tertiary/aromatic N) is 2. The molecule has 0 unspecified atom stereocenters. The van der Waals surface area contributed by atoms with Gasteiger partial charge in [-0.25, -0.2) is 17.5 Å². The molecule has 5 fully saturated rings. The van der Waals surface area contributed by atoms with Crippen LogP contribution in [0.5, 0.6) is 0 Å². The number of Topliss-reactive ketones (excluding diaryl/α,β-unsaturated/α-hetero) is 1. The summed E-state index contributed by atoms with van der Waals surface area (Å²) in [6.45, 7) is 7.19. The molecule has 49 heavy (non-hydrogen) atoms. The molecule has 0 radical (unpaired) electrons. The molecule has 2 aliphatic carbocycles. The minimum Gasteiger partial charge on any atom is -0.349 e. The van der Waals surface area contributed by atoms with Gasteiger partial charge in [0.2, 0.25) is 27.6 Å². The van der Waals surface area contributed by atoms with Crippen LogP contribution in [-0.2, 0) is 29.2 Å². The van der Waals surface area contributed by atoms with Crippen molar-refractivity contribution in [3.05, 3.63) is 0 Å². The summed E-state index contributed by atoms with van der Waals surface area (Å²) in [6, 6.07) is -3.27. The van der Waals surface area contributed by atoms with Crippen molar-refractivity contribution in [3.8, 4) is 0 Å². The van der Waals surface area contributed by atoms with Crippen molar-refractivity contribution in [2.24, 2.45) is 17.3 Å². The third-order valence-electron chi connectivity index (χ3n) is 12.2. The standard InChI is InChI=1S/C35H58N6O7S/c1-5-20-36-31(44)29(42)24-15-11-8-6-7-9-12-16-25(32(45)41-22-23-27(34(23,2)3)28(41)30(43)37-24)38-33(46)39-35(18-13-10-14-19-35)26-17-21-40(4)49(26,47)48/h23-28H,5-22H2,1-4H3,(H,36,44)(H,37,43)(H2,38,39,46)/t23-,24+,25+,26+,27-,28-/m0/s1. The lowest BCUT2D eigenvalue weighted by Gasteiger charge is -2.42. The lowest BCUT2D eigenvalue weighted by atomic mass is 9.78. The first kappa shape index (κ1) is 37.5. The normalized spacial score (nSPS) is 33.2. The van der Waals surface area contributed by atoms with E-state index in [2.05, 4.69) is 35.1 Å². The van der Waals surface area contributed by atoms with Gasteiger partial charge in [-0.05, 0) is 55.8 Å². The van der Waals surface area contributed by atoms with Crippen molar-refractivity contribution >= 4 is 39.6 Å². The Morgan fingerprint density at radius 2 is 1.55 bits per heavy atom. The summed E-state index contributed by atoms with van der Waals surface area (Å²) in [5, 5.41) is 10.8. The number of urea groups is 1. The zero-order chi connectivity index (χ0) is 35.6. The highest BCUT2D eigenvalue weighted by atomic mass is 32.2. The zero-order valence-corrected chi connectivity index (χ0v) is 30.7. The fourth-order valence-electron chi connectivity index (χ4n) is 9.17. The van der Waals surface area contributed by atoms with Crippen LogP contribution in [0.3, 0.4) is 0 Å². The van der Waals surface area contributed by atoms with Crippen molar-refractivity contribution in [1.82, 2.24) is 30.5 Å². The number of ketones is 1. The van der Waals surface area contributed by atoms with Crippen LogP contribution in [0.25, 0.3) is 0 Å². The number of nitrogens with one attached hydrogen (secondary N) is 4. The Balaban J connectivity index is 1.37. The Morgan fingerprint density at radius 1 is 0.918 bits per heavy atom. The Bertz CT molecular complexity index is 1380. The molecule has 0 aromatic rings. The third kappa shape index (κ3) is 7.79. The number of rotatable bonds is 7. The number of piperidine rings is 1. The maximum Gasteiger partial charge on any atom is 0.315 e. The number of sulfonamides is 1. The van der Waals surface area contributed by atoms with Gasteiger partial charge in [-0.3, -0.25) is 19.2 Å². The van der Waals surface area contributed by atoms with E-state index in [1.165, 1.54) is 4.31 Å². The Kier molecular flexibility index (Phi) is 11.7. The molecule has 5 rings (SSSR count). The molecule has 0 aromatic heterocycles. The van der Waals surface area contributed by atoms with Crippen molar-refractivity contribution in [3.63, 3.8) is 0 Å². The minimum absolute atomic E-state index is 0.0950. The summed E-state index contributed by atoms with van der Waals surface area (Å²) in [4.78, 5) is 69.8. The highest BCUT2D eigenvalue weighted by Gasteiger charge is 2.69. The van der Waals surface area contributed by atoms with Crippen LogP contribution in [0.2, 0.25) is 0 Å². The second kappa shape index (κ2) is 15.2. The molecular formula is C35H58N6O7S. The van der Waals surface area contributed by atoms with E-state index >= 15 is 0 Å². The zero-order valence-electron chi connectivity index (χ0n) is 29.9. The topological polar surface area (TPSA) is 174 Å². The van der Waals surface area contributed by atoms with E-state index in [9.17, 15) is 32.4 Å². The molecule has 0 aromatic carbocycles. The molecule has 6 atom stereocenters. The lowest BCUT2D eigenvalue weighted by molar-refractivity contribution is -0.144. The smallest absolute Gasteiger partial charge is 0.315 e. The van der Waals surface area contributed by atoms with Crippen LogP contribution in [0.1, 0.15) is 117 Å². The molecule has 276 valence electrons. The number of carbonyl (C=O) groups is 5. The first-order valence-corrected chi connectivity index (χ1v) is 20.2. The van der Waals surface area contributed by atoms with Crippen LogP contribution in [0.4, 0.5) is 4.79 Å². The van der Waals surface area contributed by atoms with Crippen LogP contribution in [-0.4, -0.2) is 103 Å². The SMILES string of the molecule is CCCNC(=O)C(=O)[C@H]1CCCCCCCC[C@@H](NC(=O)NC2([C@H]3CCN(C)S3(=O)=O)CCCCC2)C(=O)N2C[C@H]3[C@@H]([C@H]2C(=O)N1)C3(C)C. The van der Waals surface area contributed by atoms with E-state index in [1.54, 1.807) is 11.9 Å². The molecule has 2 saturated carbocycles. The van der Waals surface area contributed by atoms with E-state index in [0.717, 1.165) is 44.9 Å². The molecule has 4 N–H and O–H groups in total. The molecular weight excluding hydrogens is 648 g/mol. The first-order valence-electron chi connectivity index (χ1n) is 18.7. The van der Waals surface area contributed by atoms with Crippen molar-refractivity contribution in [1.29, 1.82) is 0 Å². The Morgan fingerprint density at radius 3 is 2.18 bits per heavy atom. The molecule has 3 saturated heterocycles. The van der Waals surface area contributed by atoms with Gasteiger partial charge < -0.3 is 26.2 Å². The molecule has 3 heterocycles. The van der Waals surface area contributed by atoms with E-state index < -0.39 is 62.6 Å². The highest BCUT2D eigenvalue weighted by Crippen LogP contribution is 2.65. The molecule has 3 aliphatic heterocycles. The predicted octanol–water partition coefficient (Wildman–Crippen LogP) is 2.59. The average Bonchev–Trinajstić information content (AvgIpc) is 3.32. The predicted molar refractivity (Wildman–Crippen MR) is 185 cm³/mol. The fourth-order valence-corrected chi connectivity index (χ4v) is 11.2. The molecule has 13 nitrogen and oxygen atoms in total. The van der Waals surface area contributed by atoms with Crippen molar-refractivity contribution in [2.45, 2.75) is 146 Å². The maximum absolute atomic E-state index is 14.4. The van der Waals surface area contributed by atoms with Gasteiger partial charge in [-0.2, -0.15) is 0 Å². The van der Waals surface area contributed by atoms with Gasteiger partial charge in [0.15, 0.2) is 0 Å². The van der Waals surface area contributed by atoms with E-state index in [0.29, 0.717) is 71.0 Å². The van der Waals surface area contributed by atoms with E-state index in [1.807, 2.05) is 6.92 Å². The largest absolute Gasteiger partial charge is 0.349 e. The van der Waals surface area contributed by atoms with Crippen molar-refractivity contribution in [2.75, 3.05) is 26.7 Å². The lowest BCUT2D eigenvalue weighted by Crippen LogP contribution is -2.63. The Hall–Kier alpha value is -2.74. The number of fused-ring (bicyclic) bond motifs is 3. The maximum atomic E-state index is 14.4. The monoisotopic (exact) mass is 706 g/mol. The summed E-state index contributed by atoms with van der Waals surface area (Å²) in [6.07, 6.45) is 10.5. The van der Waals surface area contributed by atoms with Crippen LogP contribution in [0.15, 0.2) is 0 Å². The fraction of sp³-hybridized carbons (Fsp3) is 0.857. The highest BCUT2D eigenvalue weighted by molar-refractivity contribution is 7.90. The number of carbonyl (C=O) groups excluding carboxylic acids is 5. The summed E-state index contributed by atoms with van der Waals surface area (Å²) in [5.41, 5.74) is -1.09. The van der Waals surface area contributed by atoms with Gasteiger partial charge in [0, 0.05) is 26.7 Å². The molecule has 14 heteroatoms. The molecule has 0 bridgehead atoms. The van der Waals surface area contributed by atoms with Gasteiger partial charge in [0.25, 0.3) is 5.91 Å². The summed E-state index contributed by atoms with van der Waals surface area (Å²) in [7, 11) is -2.00. The molecule has 0 spiro atoms. The second-order valence-electron chi connectivity index (χ2n) is 15.8. The van der Waals surface area contributed by atoms with Gasteiger partial charge in [0.1, 0.15) is 12.1 Å². The quantitative estimate of drug-likeness (QED) is 0.295. The minimum atomic E-state index is -3.58. The van der Waals surface area contributed by atoms with Gasteiger partial charge in [-0.1, -0.05) is 78.6 Å². The number of hydrogen-bond donors (Lipinski definition) is 4. The van der Waals surface area contributed by atoms with E-state index in [-0.39, 0.29) is 23.2 Å². The first-order chi connectivity index (χ1) is 23.2. The van der Waals surface area contributed by atoms with Crippen LogP contribution < -0.4 is 21.3 Å². The molecule has 5 aliphatic rings. The summed E-state index contributed by atoms with van der Waals surface area (Å²) < 4.78 is 28.0. The van der Waals surface area contributed by atoms with Crippen LogP contribution >= 0.6 is 0 Å². The summed E-state index contributed by atoms with van der Waals surface area (Å²) in [5.74, 6) is -2.18. The summed E-state index contributed by atoms with van der Waals surface area (Å²) >= 11 is 0. The van der Waals surface area contributed by atoms with Gasteiger partial charge >= 0.3 is 6.03 Å². The van der Waals surface area contributed by atoms with Crippen molar-refractivity contribution < 1.29 is 32.4 Å². The van der Waals surface area contributed by atoms with E-state index in [4.69, 9.17) is 0 Å². The Labute approximate surface area is 291 Å². The average molecular weight is 707 g/mol. The van der Waals surface area contributed by atoms with Crippen LogP contribution in [0, 0.1) is 17.3 Å².